The normalized spacial score (nSPS) is 12.6. The third kappa shape index (κ3) is 3.72. The Labute approximate surface area is 172 Å². The molecule has 0 unspecified atom stereocenters. The maximum absolute atomic E-state index is 12.4. The molecule has 0 spiro atoms. The summed E-state index contributed by atoms with van der Waals surface area (Å²) in [6, 6.07) is 13.8. The number of ether oxygens (including phenoxy) is 2. The van der Waals surface area contributed by atoms with E-state index in [-0.39, 0.29) is 0 Å². The van der Waals surface area contributed by atoms with Gasteiger partial charge in [-0.1, -0.05) is 0 Å². The van der Waals surface area contributed by atoms with Crippen LogP contribution in [-0.4, -0.2) is 26.9 Å². The average Bonchev–Trinajstić information content (AvgIpc) is 3.24. The molecule has 0 atom stereocenters. The van der Waals surface area contributed by atoms with Crippen molar-refractivity contribution < 1.29 is 18.7 Å². The van der Waals surface area contributed by atoms with Crippen molar-refractivity contribution in [2.24, 2.45) is 10.7 Å². The Morgan fingerprint density at radius 2 is 1.90 bits per heavy atom. The van der Waals surface area contributed by atoms with E-state index in [0.29, 0.717) is 40.9 Å². The second-order valence-electron chi connectivity index (χ2n) is 6.44. The quantitative estimate of drug-likeness (QED) is 0.597. The molecule has 9 heteroatoms. The first-order valence-corrected chi connectivity index (χ1v) is 9.14. The van der Waals surface area contributed by atoms with Crippen LogP contribution in [0.5, 0.6) is 11.5 Å². The molecular weight excluding hydrogens is 386 g/mol. The summed E-state index contributed by atoms with van der Waals surface area (Å²) >= 11 is 0. The highest BCUT2D eigenvalue weighted by Crippen LogP contribution is 2.29. The van der Waals surface area contributed by atoms with Gasteiger partial charge in [0.05, 0.1) is 31.4 Å². The topological polar surface area (TPSA) is 114 Å². The van der Waals surface area contributed by atoms with Gasteiger partial charge in [0.2, 0.25) is 5.55 Å². The number of amides is 2. The molecule has 1 aromatic heterocycles. The van der Waals surface area contributed by atoms with Crippen LogP contribution in [0.25, 0.3) is 5.82 Å². The fraction of sp³-hybridized carbons (Fsp3) is 0.143. The number of furan rings is 1. The predicted octanol–water partition coefficient (Wildman–Crippen LogP) is 2.06. The first kappa shape index (κ1) is 19.2. The summed E-state index contributed by atoms with van der Waals surface area (Å²) in [6.07, 6.45) is 1.56. The molecule has 2 heterocycles. The lowest BCUT2D eigenvalue weighted by atomic mass is 10.2. The number of methoxy groups -OCH3 is 2. The molecular formula is C21H21N5O4. The monoisotopic (exact) mass is 407 g/mol. The van der Waals surface area contributed by atoms with Gasteiger partial charge in [0.1, 0.15) is 24.0 Å². The summed E-state index contributed by atoms with van der Waals surface area (Å²) in [6.45, 7) is 0.356. The Morgan fingerprint density at radius 1 is 1.10 bits per heavy atom. The van der Waals surface area contributed by atoms with Gasteiger partial charge in [0.25, 0.3) is 0 Å². The number of carbonyl (C=O) groups excluding carboxylic acids is 1. The summed E-state index contributed by atoms with van der Waals surface area (Å²) in [5.74, 6) is 1.70. The first-order valence-electron chi connectivity index (χ1n) is 9.14. The number of nitrogens with zero attached hydrogens (tertiary/aromatic N) is 2. The minimum atomic E-state index is -0.406. The SMILES string of the molecule is COc1ccc(OC)c(NC(=O)Nc2ccc(N3CN=c4occc4=C3N)cc2)c1. The zero-order valence-electron chi connectivity index (χ0n) is 16.5. The number of hydrogen-bond acceptors (Lipinski definition) is 7. The third-order valence-electron chi connectivity index (χ3n) is 4.66. The molecule has 0 fully saturated rings. The molecule has 9 nitrogen and oxygen atoms in total. The average molecular weight is 407 g/mol. The van der Waals surface area contributed by atoms with Crippen molar-refractivity contribution in [3.63, 3.8) is 0 Å². The van der Waals surface area contributed by atoms with Gasteiger partial charge in [-0.3, -0.25) is 0 Å². The van der Waals surface area contributed by atoms with E-state index in [4.69, 9.17) is 19.6 Å². The molecule has 154 valence electrons. The van der Waals surface area contributed by atoms with E-state index in [2.05, 4.69) is 15.6 Å². The van der Waals surface area contributed by atoms with Crippen LogP contribution < -0.4 is 41.5 Å². The molecule has 3 aromatic rings. The highest BCUT2D eigenvalue weighted by molar-refractivity contribution is 6.01. The molecule has 1 aliphatic rings. The smallest absolute Gasteiger partial charge is 0.323 e. The number of nitrogens with two attached hydrogens (primary N) is 1. The maximum Gasteiger partial charge on any atom is 0.323 e. The van der Waals surface area contributed by atoms with Crippen molar-refractivity contribution >= 4 is 28.9 Å². The number of hydrogen-bond donors (Lipinski definition) is 3. The van der Waals surface area contributed by atoms with E-state index >= 15 is 0 Å². The molecule has 4 N–H and O–H groups in total. The molecule has 1 aliphatic heterocycles. The second-order valence-corrected chi connectivity index (χ2v) is 6.44. The fourth-order valence-corrected chi connectivity index (χ4v) is 3.12. The Hall–Kier alpha value is -4.14. The van der Waals surface area contributed by atoms with Gasteiger partial charge < -0.3 is 35.2 Å². The van der Waals surface area contributed by atoms with Crippen molar-refractivity contribution in [1.82, 2.24) is 0 Å². The maximum atomic E-state index is 12.4. The number of nitrogens with one attached hydrogen (secondary N) is 2. The lowest BCUT2D eigenvalue weighted by Crippen LogP contribution is -2.42. The lowest BCUT2D eigenvalue weighted by Gasteiger charge is -2.24. The van der Waals surface area contributed by atoms with Crippen LogP contribution in [0.15, 0.2) is 64.2 Å². The van der Waals surface area contributed by atoms with Crippen LogP contribution >= 0.6 is 0 Å². The zero-order valence-corrected chi connectivity index (χ0v) is 16.5. The molecule has 30 heavy (non-hydrogen) atoms. The van der Waals surface area contributed by atoms with Crippen molar-refractivity contribution in [1.29, 1.82) is 0 Å². The number of anilines is 3. The second kappa shape index (κ2) is 8.08. The van der Waals surface area contributed by atoms with Crippen molar-refractivity contribution in [3.05, 3.63) is 65.6 Å². The van der Waals surface area contributed by atoms with E-state index < -0.39 is 6.03 Å². The Kier molecular flexibility index (Phi) is 5.17. The van der Waals surface area contributed by atoms with E-state index in [9.17, 15) is 4.79 Å². The Balaban J connectivity index is 1.46. The van der Waals surface area contributed by atoms with Gasteiger partial charge in [-0.2, -0.15) is 0 Å². The number of rotatable bonds is 5. The van der Waals surface area contributed by atoms with Crippen LogP contribution in [-0.2, 0) is 0 Å². The van der Waals surface area contributed by atoms with Gasteiger partial charge in [-0.15, -0.1) is 0 Å². The first-order chi connectivity index (χ1) is 14.6. The standard InChI is InChI=1S/C21H21N5O4/c1-28-15-7-8-18(29-2)17(11-15)25-21(27)24-13-3-5-14(6-4-13)26-12-23-20-16(19(26)22)9-10-30-20/h3-11H,12,22H2,1-2H3,(H2,24,25,27). The van der Waals surface area contributed by atoms with Crippen molar-refractivity contribution in [2.75, 3.05) is 36.4 Å². The summed E-state index contributed by atoms with van der Waals surface area (Å²) in [7, 11) is 3.09. The highest BCUT2D eigenvalue weighted by Gasteiger charge is 2.15. The van der Waals surface area contributed by atoms with Crippen LogP contribution in [0.3, 0.4) is 0 Å². The number of urea groups is 1. The third-order valence-corrected chi connectivity index (χ3v) is 4.66. The van der Waals surface area contributed by atoms with Crippen LogP contribution in [0.1, 0.15) is 0 Å². The van der Waals surface area contributed by atoms with Crippen LogP contribution in [0.4, 0.5) is 21.9 Å². The van der Waals surface area contributed by atoms with Gasteiger partial charge in [-0.25, -0.2) is 9.79 Å². The summed E-state index contributed by atoms with van der Waals surface area (Å²) in [4.78, 5) is 18.6. The summed E-state index contributed by atoms with van der Waals surface area (Å²) < 4.78 is 15.8. The van der Waals surface area contributed by atoms with Gasteiger partial charge in [-0.05, 0) is 42.5 Å². The molecule has 0 aliphatic carbocycles. The van der Waals surface area contributed by atoms with E-state index in [1.807, 2.05) is 17.0 Å². The molecule has 2 amide bonds. The number of carbonyl (C=O) groups is 1. The summed E-state index contributed by atoms with van der Waals surface area (Å²) in [5.41, 5.74) is 8.75. The van der Waals surface area contributed by atoms with Crippen molar-refractivity contribution in [3.8, 4) is 11.5 Å². The lowest BCUT2D eigenvalue weighted by molar-refractivity contribution is 0.262. The Bertz CT molecular complexity index is 1190. The predicted molar refractivity (Wildman–Crippen MR) is 113 cm³/mol. The molecule has 4 rings (SSSR count). The van der Waals surface area contributed by atoms with Gasteiger partial charge >= 0.3 is 6.03 Å². The molecule has 0 saturated carbocycles. The van der Waals surface area contributed by atoms with Gasteiger partial charge in [0, 0.05) is 17.4 Å². The molecule has 2 aromatic carbocycles. The van der Waals surface area contributed by atoms with E-state index in [0.717, 1.165) is 10.9 Å². The van der Waals surface area contributed by atoms with Crippen LogP contribution in [0, 0.1) is 0 Å². The minimum Gasteiger partial charge on any atom is -0.497 e. The van der Waals surface area contributed by atoms with Crippen molar-refractivity contribution in [2.45, 2.75) is 0 Å². The molecule has 0 radical (unpaired) electrons. The van der Waals surface area contributed by atoms with Crippen LogP contribution in [0.2, 0.25) is 0 Å². The fourth-order valence-electron chi connectivity index (χ4n) is 3.12. The number of benzene rings is 2. The Morgan fingerprint density at radius 3 is 2.63 bits per heavy atom. The largest absolute Gasteiger partial charge is 0.497 e. The zero-order chi connectivity index (χ0) is 21.1. The minimum absolute atomic E-state index is 0.356. The van der Waals surface area contributed by atoms with Gasteiger partial charge in [0.15, 0.2) is 0 Å². The highest BCUT2D eigenvalue weighted by atomic mass is 16.5. The molecule has 0 saturated heterocycles. The molecule has 0 bridgehead atoms. The van der Waals surface area contributed by atoms with E-state index in [1.54, 1.807) is 49.8 Å². The number of fused-ring (bicyclic) bond motifs is 1. The summed E-state index contributed by atoms with van der Waals surface area (Å²) in [5, 5.41) is 6.31. The van der Waals surface area contributed by atoms with E-state index in [1.165, 1.54) is 7.11 Å².